The monoisotopic (exact) mass is 298 g/mol. The summed E-state index contributed by atoms with van der Waals surface area (Å²) >= 11 is 0. The number of nitrogens with zero attached hydrogens (tertiary/aromatic N) is 4. The molecule has 1 atom stereocenters. The lowest BCUT2D eigenvalue weighted by atomic mass is 9.96. The number of aromatic nitrogens is 3. The van der Waals surface area contributed by atoms with Crippen LogP contribution in [-0.4, -0.2) is 38.7 Å². The van der Waals surface area contributed by atoms with Gasteiger partial charge in [0.25, 0.3) is 0 Å². The van der Waals surface area contributed by atoms with Crippen molar-refractivity contribution in [3.05, 3.63) is 48.0 Å². The number of benzene rings is 1. The molecule has 0 radical (unpaired) electrons. The minimum atomic E-state index is 0.246. The minimum absolute atomic E-state index is 0.246. The van der Waals surface area contributed by atoms with Gasteiger partial charge in [0, 0.05) is 32.5 Å². The summed E-state index contributed by atoms with van der Waals surface area (Å²) in [7, 11) is 1.96. The maximum Gasteiger partial charge on any atom is 0.222 e. The zero-order valence-electron chi connectivity index (χ0n) is 13.0. The van der Waals surface area contributed by atoms with E-state index in [1.165, 1.54) is 5.56 Å². The zero-order valence-corrected chi connectivity index (χ0v) is 13.0. The molecule has 0 unspecified atom stereocenters. The number of hydrogen-bond acceptors (Lipinski definition) is 3. The summed E-state index contributed by atoms with van der Waals surface area (Å²) in [5.74, 6) is 1.54. The Bertz CT molecular complexity index is 623. The first kappa shape index (κ1) is 14.8. The highest BCUT2D eigenvalue weighted by atomic mass is 16.2. The van der Waals surface area contributed by atoms with E-state index in [2.05, 4.69) is 22.3 Å². The SMILES string of the molecule is Cn1cnnc1[C@@H]1CCCN(C(=O)CCc2ccccc2)C1. The second-order valence-corrected chi connectivity index (χ2v) is 5.96. The molecule has 0 N–H and O–H groups in total. The minimum Gasteiger partial charge on any atom is -0.342 e. The van der Waals surface area contributed by atoms with Crippen LogP contribution in [0.5, 0.6) is 0 Å². The van der Waals surface area contributed by atoms with Crippen molar-refractivity contribution in [2.45, 2.75) is 31.6 Å². The average Bonchev–Trinajstić information content (AvgIpc) is 3.00. The Morgan fingerprint density at radius 1 is 1.32 bits per heavy atom. The lowest BCUT2D eigenvalue weighted by Gasteiger charge is -2.32. The molecule has 0 aliphatic carbocycles. The van der Waals surface area contributed by atoms with Crippen LogP contribution in [-0.2, 0) is 18.3 Å². The van der Waals surface area contributed by atoms with Crippen LogP contribution in [0.15, 0.2) is 36.7 Å². The Hall–Kier alpha value is -2.17. The van der Waals surface area contributed by atoms with Gasteiger partial charge >= 0.3 is 0 Å². The summed E-state index contributed by atoms with van der Waals surface area (Å²) in [6.45, 7) is 1.63. The van der Waals surface area contributed by atoms with Crippen LogP contribution >= 0.6 is 0 Å². The van der Waals surface area contributed by atoms with Gasteiger partial charge in [-0.2, -0.15) is 0 Å². The number of rotatable bonds is 4. The van der Waals surface area contributed by atoms with E-state index in [1.54, 1.807) is 6.33 Å². The van der Waals surface area contributed by atoms with Crippen LogP contribution in [0.2, 0.25) is 0 Å². The molecule has 1 amide bonds. The van der Waals surface area contributed by atoms with Crippen molar-refractivity contribution in [3.63, 3.8) is 0 Å². The summed E-state index contributed by atoms with van der Waals surface area (Å²) in [6.07, 6.45) is 5.23. The summed E-state index contributed by atoms with van der Waals surface area (Å²) in [4.78, 5) is 14.4. The molecule has 2 heterocycles. The van der Waals surface area contributed by atoms with Gasteiger partial charge in [0.05, 0.1) is 0 Å². The van der Waals surface area contributed by atoms with Gasteiger partial charge in [0.15, 0.2) is 0 Å². The van der Waals surface area contributed by atoms with Crippen molar-refractivity contribution in [3.8, 4) is 0 Å². The zero-order chi connectivity index (χ0) is 15.4. The first-order valence-corrected chi connectivity index (χ1v) is 7.89. The number of aryl methyl sites for hydroxylation is 2. The normalized spacial score (nSPS) is 18.4. The topological polar surface area (TPSA) is 51.0 Å². The molecule has 2 aromatic rings. The molecule has 5 heteroatoms. The van der Waals surface area contributed by atoms with Crippen LogP contribution in [0.3, 0.4) is 0 Å². The molecule has 1 aromatic heterocycles. The molecule has 0 bridgehead atoms. The molecule has 3 rings (SSSR count). The Morgan fingerprint density at radius 2 is 2.14 bits per heavy atom. The van der Waals surface area contributed by atoms with Crippen LogP contribution < -0.4 is 0 Å². The average molecular weight is 298 g/mol. The Kier molecular flexibility index (Phi) is 4.51. The molecule has 5 nitrogen and oxygen atoms in total. The fraction of sp³-hybridized carbons (Fsp3) is 0.471. The summed E-state index contributed by atoms with van der Waals surface area (Å²) in [5.41, 5.74) is 1.22. The molecule has 1 saturated heterocycles. The predicted molar refractivity (Wildman–Crippen MR) is 84.3 cm³/mol. The van der Waals surface area contributed by atoms with Gasteiger partial charge in [-0.15, -0.1) is 10.2 Å². The maximum absolute atomic E-state index is 12.5. The fourth-order valence-electron chi connectivity index (χ4n) is 3.13. The highest BCUT2D eigenvalue weighted by Gasteiger charge is 2.27. The van der Waals surface area contributed by atoms with E-state index < -0.39 is 0 Å². The number of amides is 1. The van der Waals surface area contributed by atoms with Gasteiger partial charge < -0.3 is 9.47 Å². The van der Waals surface area contributed by atoms with Gasteiger partial charge in [0.2, 0.25) is 5.91 Å². The Balaban J connectivity index is 1.57. The molecule has 1 fully saturated rings. The number of piperidine rings is 1. The van der Waals surface area contributed by atoms with E-state index >= 15 is 0 Å². The summed E-state index contributed by atoms with van der Waals surface area (Å²) in [5, 5.41) is 8.15. The first-order valence-electron chi connectivity index (χ1n) is 7.89. The van der Waals surface area contributed by atoms with Crippen molar-refractivity contribution >= 4 is 5.91 Å². The second kappa shape index (κ2) is 6.73. The van der Waals surface area contributed by atoms with Gasteiger partial charge in [-0.3, -0.25) is 4.79 Å². The smallest absolute Gasteiger partial charge is 0.222 e. The van der Waals surface area contributed by atoms with Gasteiger partial charge in [0.1, 0.15) is 12.2 Å². The lowest BCUT2D eigenvalue weighted by molar-refractivity contribution is -0.132. The van der Waals surface area contributed by atoms with Crippen LogP contribution in [0.25, 0.3) is 0 Å². The largest absolute Gasteiger partial charge is 0.342 e. The van der Waals surface area contributed by atoms with E-state index in [0.29, 0.717) is 12.3 Å². The molecule has 1 aliphatic rings. The van der Waals surface area contributed by atoms with Crippen LogP contribution in [0.1, 0.15) is 36.6 Å². The quantitative estimate of drug-likeness (QED) is 0.869. The number of carbonyl (C=O) groups excluding carboxylic acids is 1. The van der Waals surface area contributed by atoms with Gasteiger partial charge in [-0.05, 0) is 24.8 Å². The maximum atomic E-state index is 12.5. The van der Waals surface area contributed by atoms with Crippen molar-refractivity contribution in [2.75, 3.05) is 13.1 Å². The first-order chi connectivity index (χ1) is 10.7. The van der Waals surface area contributed by atoms with Crippen molar-refractivity contribution < 1.29 is 4.79 Å². The number of hydrogen-bond donors (Lipinski definition) is 0. The third kappa shape index (κ3) is 3.35. The molecular weight excluding hydrogens is 276 g/mol. The van der Waals surface area contributed by atoms with Crippen LogP contribution in [0, 0.1) is 0 Å². The van der Waals surface area contributed by atoms with Crippen molar-refractivity contribution in [2.24, 2.45) is 7.05 Å². The molecule has 0 spiro atoms. The lowest BCUT2D eigenvalue weighted by Crippen LogP contribution is -2.39. The van der Waals surface area contributed by atoms with E-state index in [1.807, 2.05) is 34.7 Å². The van der Waals surface area contributed by atoms with E-state index in [4.69, 9.17) is 0 Å². The van der Waals surface area contributed by atoms with Crippen LogP contribution in [0.4, 0.5) is 0 Å². The molecule has 1 aromatic carbocycles. The number of likely N-dealkylation sites (tertiary alicyclic amines) is 1. The third-order valence-electron chi connectivity index (χ3n) is 4.36. The standard InChI is InChI=1S/C17H22N4O/c1-20-13-18-19-17(20)15-8-5-11-21(12-15)16(22)10-9-14-6-3-2-4-7-14/h2-4,6-7,13,15H,5,8-12H2,1H3/t15-/m1/s1. The van der Waals surface area contributed by atoms with Gasteiger partial charge in [-0.25, -0.2) is 0 Å². The molecule has 116 valence electrons. The van der Waals surface area contributed by atoms with E-state index in [-0.39, 0.29) is 5.91 Å². The number of carbonyl (C=O) groups is 1. The summed E-state index contributed by atoms with van der Waals surface area (Å²) in [6, 6.07) is 10.2. The Labute approximate surface area is 131 Å². The van der Waals surface area contributed by atoms with Crippen molar-refractivity contribution in [1.82, 2.24) is 19.7 Å². The summed E-state index contributed by atoms with van der Waals surface area (Å²) < 4.78 is 1.96. The molecular formula is C17H22N4O. The molecule has 22 heavy (non-hydrogen) atoms. The third-order valence-corrected chi connectivity index (χ3v) is 4.36. The molecule has 1 aliphatic heterocycles. The highest BCUT2D eigenvalue weighted by Crippen LogP contribution is 2.25. The molecule has 0 saturated carbocycles. The Morgan fingerprint density at radius 3 is 2.86 bits per heavy atom. The van der Waals surface area contributed by atoms with E-state index in [9.17, 15) is 4.79 Å². The van der Waals surface area contributed by atoms with E-state index in [0.717, 1.165) is 38.2 Å². The fourth-order valence-corrected chi connectivity index (χ4v) is 3.13. The predicted octanol–water partition coefficient (Wildman–Crippen LogP) is 2.15. The van der Waals surface area contributed by atoms with Crippen molar-refractivity contribution in [1.29, 1.82) is 0 Å². The second-order valence-electron chi connectivity index (χ2n) is 5.96. The highest BCUT2D eigenvalue weighted by molar-refractivity contribution is 5.76. The van der Waals surface area contributed by atoms with Gasteiger partial charge in [-0.1, -0.05) is 30.3 Å².